The number of hydrogen-bond donors (Lipinski definition) is 6. The fraction of sp³-hybridized carbons (Fsp3) is 0.341. The molecule has 0 atom stereocenters. The van der Waals surface area contributed by atoms with Crippen molar-refractivity contribution in [1.29, 1.82) is 0 Å². The monoisotopic (exact) mass is 886 g/mol. The summed E-state index contributed by atoms with van der Waals surface area (Å²) in [6.45, 7) is 0. The second-order valence-corrected chi connectivity index (χ2v) is 15.7. The number of nitrogens with one attached hydrogen (secondary N) is 4. The third-order valence-corrected chi connectivity index (χ3v) is 11.3. The molecule has 7 heterocycles. The van der Waals surface area contributed by atoms with Crippen molar-refractivity contribution in [3.8, 4) is 0 Å². The molecule has 2 spiro atoms. The van der Waals surface area contributed by atoms with E-state index in [0.717, 1.165) is 77.0 Å². The number of pyridine rings is 3. The van der Waals surface area contributed by atoms with E-state index in [2.05, 4.69) is 40.9 Å². The van der Waals surface area contributed by atoms with Gasteiger partial charge in [-0.3, -0.25) is 42.7 Å². The van der Waals surface area contributed by atoms with Gasteiger partial charge in [0.15, 0.2) is 0 Å². The van der Waals surface area contributed by atoms with Crippen molar-refractivity contribution in [3.05, 3.63) is 132 Å². The second-order valence-electron chi connectivity index (χ2n) is 14.9. The van der Waals surface area contributed by atoms with Crippen LogP contribution in [0.5, 0.6) is 0 Å². The zero-order chi connectivity index (χ0) is 44.4. The minimum absolute atomic E-state index is 0.0370. The molecule has 3 saturated carbocycles. The Labute approximate surface area is 363 Å². The lowest BCUT2D eigenvalue weighted by molar-refractivity contribution is -0.117. The lowest BCUT2D eigenvalue weighted by atomic mass is 10.1. The van der Waals surface area contributed by atoms with Crippen LogP contribution in [0.3, 0.4) is 0 Å². The van der Waals surface area contributed by atoms with Gasteiger partial charge in [-0.15, -0.1) is 0 Å². The van der Waals surface area contributed by atoms with Crippen molar-refractivity contribution in [2.75, 3.05) is 11.1 Å². The van der Waals surface area contributed by atoms with Gasteiger partial charge in [-0.25, -0.2) is 19.9 Å². The van der Waals surface area contributed by atoms with Crippen molar-refractivity contribution >= 4 is 64.0 Å². The largest absolute Gasteiger partial charge is 0.384 e. The molecule has 5 aromatic rings. The number of nitrogen functional groups attached to an aromatic ring is 1. The molecule has 10 rings (SSSR count). The highest BCUT2D eigenvalue weighted by Crippen LogP contribution is 2.39. The van der Waals surface area contributed by atoms with Crippen molar-refractivity contribution in [2.45, 2.75) is 88.4 Å². The summed E-state index contributed by atoms with van der Waals surface area (Å²) in [5.74, 6) is 0.484. The van der Waals surface area contributed by atoms with E-state index in [1.807, 2.05) is 0 Å². The smallest absolute Gasteiger partial charge is 0.276 e. The number of H-pyrrole nitrogens is 1. The quantitative estimate of drug-likeness (QED) is 0.149. The summed E-state index contributed by atoms with van der Waals surface area (Å²) in [4.78, 5) is 97.6. The highest BCUT2D eigenvalue weighted by atomic mass is 35.5. The number of aromatic nitrogens is 7. The molecule has 8 N–H and O–H groups in total. The molecular weight excluding hydrogens is 843 g/mol. The molecule has 3 aliphatic carbocycles. The molecule has 5 aromatic heterocycles. The van der Waals surface area contributed by atoms with Crippen LogP contribution in [0, 0.1) is 0 Å². The Balaban J connectivity index is 0.000000140. The Bertz CT molecular complexity index is 2620. The summed E-state index contributed by atoms with van der Waals surface area (Å²) in [6.07, 6.45) is 17.3. The Kier molecular flexibility index (Phi) is 14.3. The average molecular weight is 888 g/mol. The van der Waals surface area contributed by atoms with Gasteiger partial charge in [0.25, 0.3) is 34.4 Å². The minimum Gasteiger partial charge on any atom is -0.384 e. The number of nitrogens with two attached hydrogens (primary N) is 2. The first-order valence-electron chi connectivity index (χ1n) is 19.8. The van der Waals surface area contributed by atoms with Crippen LogP contribution in [0.25, 0.3) is 0 Å². The topological polar surface area (TPSA) is 285 Å². The van der Waals surface area contributed by atoms with Crippen LogP contribution in [0.1, 0.15) is 109 Å². The van der Waals surface area contributed by atoms with Gasteiger partial charge in [0, 0.05) is 25.2 Å². The molecule has 0 saturated heterocycles. The number of halogens is 2. The Morgan fingerprint density at radius 2 is 1.19 bits per heavy atom. The third-order valence-electron chi connectivity index (χ3n) is 10.7. The van der Waals surface area contributed by atoms with E-state index in [1.54, 1.807) is 51.9 Å². The molecular formula is C41H44Cl2N12O7. The van der Waals surface area contributed by atoms with Crippen LogP contribution in [0.2, 0.25) is 10.0 Å². The van der Waals surface area contributed by atoms with Crippen LogP contribution in [-0.2, 0) is 16.1 Å². The molecule has 3 fully saturated rings. The molecule has 21 heteroatoms. The van der Waals surface area contributed by atoms with Crippen LogP contribution in [0.4, 0.5) is 17.3 Å². The highest BCUT2D eigenvalue weighted by molar-refractivity contribution is 6.30. The minimum atomic E-state index is -0.682. The van der Waals surface area contributed by atoms with E-state index in [1.165, 1.54) is 30.9 Å². The van der Waals surface area contributed by atoms with Gasteiger partial charge in [0.05, 0.1) is 0 Å². The normalized spacial score (nSPS) is 16.8. The Morgan fingerprint density at radius 3 is 1.65 bits per heavy atom. The van der Waals surface area contributed by atoms with Gasteiger partial charge in [0.2, 0.25) is 0 Å². The maximum Gasteiger partial charge on any atom is 0.276 e. The first-order chi connectivity index (χ1) is 29.7. The maximum atomic E-state index is 12.8. The van der Waals surface area contributed by atoms with Gasteiger partial charge in [-0.05, 0) is 113 Å². The molecule has 0 radical (unpaired) electrons. The van der Waals surface area contributed by atoms with Crippen LogP contribution >= 0.6 is 23.2 Å². The van der Waals surface area contributed by atoms with Crippen molar-refractivity contribution in [2.24, 2.45) is 5.73 Å². The van der Waals surface area contributed by atoms with Crippen LogP contribution in [-0.4, -0.2) is 57.6 Å². The molecule has 62 heavy (non-hydrogen) atoms. The van der Waals surface area contributed by atoms with E-state index < -0.39 is 22.8 Å². The molecule has 2 aliphatic heterocycles. The van der Waals surface area contributed by atoms with Crippen LogP contribution in [0.15, 0.2) is 88.0 Å². The summed E-state index contributed by atoms with van der Waals surface area (Å²) < 4.78 is 3.16. The number of ketones is 1. The molecule has 19 nitrogen and oxygen atoms in total. The van der Waals surface area contributed by atoms with Crippen LogP contribution < -0.4 is 44.1 Å². The number of aromatic amines is 1. The number of nitrogens with zero attached hydrogens (tertiary/aromatic N) is 6. The van der Waals surface area contributed by atoms with Gasteiger partial charge < -0.3 is 32.4 Å². The zero-order valence-corrected chi connectivity index (χ0v) is 34.9. The number of carbonyl (C=O) groups excluding carboxylic acids is 4. The summed E-state index contributed by atoms with van der Waals surface area (Å²) in [5, 5.41) is 9.13. The number of Topliss-reactive ketones (excluding diaryl/α,β-unsaturated/α-hetero) is 1. The third kappa shape index (κ3) is 10.2. The molecule has 324 valence electrons. The SMILES string of the molecule is NC(=O)c1ccc(Cl)c(=O)[nH]1.Nc1ccncn1.O=C1CCCC1.O=C1NC2(CCCC2)n2c1ccc(Cl)c2=O.O=C1NC2(CCCC2)n2c1ccc(Nc1ccncn1)c2=O. The van der Waals surface area contributed by atoms with Crippen molar-refractivity contribution in [1.82, 2.24) is 44.7 Å². The predicted octanol–water partition coefficient (Wildman–Crippen LogP) is 4.14. The summed E-state index contributed by atoms with van der Waals surface area (Å²) in [7, 11) is 0. The van der Waals surface area contributed by atoms with E-state index in [0.29, 0.717) is 34.5 Å². The molecule has 0 aromatic carbocycles. The van der Waals surface area contributed by atoms with E-state index in [9.17, 15) is 33.6 Å². The summed E-state index contributed by atoms with van der Waals surface area (Å²) in [5.41, 5.74) is 9.38. The molecule has 0 unspecified atom stereocenters. The fourth-order valence-electron chi connectivity index (χ4n) is 7.80. The molecule has 0 bridgehead atoms. The highest BCUT2D eigenvalue weighted by Gasteiger charge is 2.46. The number of anilines is 3. The number of amides is 3. The zero-order valence-electron chi connectivity index (χ0n) is 33.4. The first kappa shape index (κ1) is 44.8. The van der Waals surface area contributed by atoms with Crippen molar-refractivity contribution < 1.29 is 19.2 Å². The van der Waals surface area contributed by atoms with Gasteiger partial charge in [0.1, 0.15) is 74.2 Å². The van der Waals surface area contributed by atoms with Gasteiger partial charge in [-0.2, -0.15) is 0 Å². The lowest BCUT2D eigenvalue weighted by Crippen LogP contribution is -2.45. The summed E-state index contributed by atoms with van der Waals surface area (Å²) >= 11 is 11.2. The number of hydrogen-bond acceptors (Lipinski definition) is 13. The Hall–Kier alpha value is -6.73. The first-order valence-corrected chi connectivity index (χ1v) is 20.6. The summed E-state index contributed by atoms with van der Waals surface area (Å²) in [6, 6.07) is 12.4. The van der Waals surface area contributed by atoms with E-state index in [-0.39, 0.29) is 38.7 Å². The second kappa shape index (κ2) is 19.8. The standard InChI is InChI=1S/C15H15N5O2.C11H11ClN2O2.C6H5ClN2O2.C5H8O.C4H5N3/c21-13-11-4-3-10(18-12-5-8-16-9-17-12)14(22)20(11)15(19-13)6-1-2-7-15;12-7-3-4-8-9(15)13-11(5-1-2-6-11)14(8)10(7)16;7-3-1-2-4(5(8)10)9-6(3)11;6-5-3-1-2-4-5;5-4-1-2-6-3-7-4/h3-5,8-9H,1-2,6-7H2,(H,19,21)(H,16,17,18);3-4H,1-2,5-6H2,(H,13,15);1-2H,(H2,8,10)(H,9,11);1-4H2;1-3H,(H2,5,6,7). The molecule has 3 amide bonds. The number of fused-ring (bicyclic) bond motifs is 4. The average Bonchev–Trinajstić information content (AvgIpc) is 4.12. The molecule has 5 aliphatic rings. The lowest BCUT2D eigenvalue weighted by Gasteiger charge is -2.26. The van der Waals surface area contributed by atoms with Gasteiger partial charge >= 0.3 is 0 Å². The maximum absolute atomic E-state index is 12.8. The number of primary amides is 1. The van der Waals surface area contributed by atoms with Crippen molar-refractivity contribution in [3.63, 3.8) is 0 Å². The van der Waals surface area contributed by atoms with E-state index >= 15 is 0 Å². The predicted molar refractivity (Wildman–Crippen MR) is 230 cm³/mol. The fourth-order valence-corrected chi connectivity index (χ4v) is 8.06. The number of carbonyl (C=O) groups is 4. The number of rotatable bonds is 3. The van der Waals surface area contributed by atoms with E-state index in [4.69, 9.17) is 34.7 Å². The van der Waals surface area contributed by atoms with Gasteiger partial charge in [-0.1, -0.05) is 23.2 Å². The Morgan fingerprint density at radius 1 is 0.661 bits per heavy atom.